The molecule has 2 atom stereocenters. The summed E-state index contributed by atoms with van der Waals surface area (Å²) in [5.41, 5.74) is 3.79. The number of rotatable bonds is 2. The number of aldehydes is 1. The molecule has 108 valence electrons. The van der Waals surface area contributed by atoms with Crippen molar-refractivity contribution in [3.05, 3.63) is 34.8 Å². The van der Waals surface area contributed by atoms with E-state index in [9.17, 15) is 9.59 Å². The Kier molecular flexibility index (Phi) is 3.04. The molecule has 2 heterocycles. The van der Waals surface area contributed by atoms with Crippen LogP contribution in [0.25, 0.3) is 0 Å². The molecule has 1 aliphatic heterocycles. The van der Waals surface area contributed by atoms with Gasteiger partial charge in [-0.05, 0) is 24.0 Å². The normalized spacial score (nSPS) is 28.2. The van der Waals surface area contributed by atoms with E-state index in [0.29, 0.717) is 18.0 Å². The van der Waals surface area contributed by atoms with Gasteiger partial charge < -0.3 is 15.1 Å². The van der Waals surface area contributed by atoms with E-state index in [-0.39, 0.29) is 12.6 Å². The summed E-state index contributed by atoms with van der Waals surface area (Å²) >= 11 is 0. The van der Waals surface area contributed by atoms with E-state index in [1.165, 1.54) is 6.42 Å². The van der Waals surface area contributed by atoms with Crippen molar-refractivity contribution in [3.63, 3.8) is 0 Å². The first-order valence-electron chi connectivity index (χ1n) is 7.33. The Bertz CT molecular complexity index is 605. The van der Waals surface area contributed by atoms with Crippen molar-refractivity contribution >= 4 is 12.1 Å². The number of carbonyl (C=O) groups is 2. The minimum Gasteiger partial charge on any atom is -0.387 e. The molecule has 2 fully saturated rings. The van der Waals surface area contributed by atoms with Crippen molar-refractivity contribution in [2.45, 2.75) is 38.5 Å². The standard InChI is InChI=1S/C13H12N2O2.C3H8.H2/c16-2-1-8-3-9-12(15-8)10(17)4-11-13(9)5-7(13)6-14-11;1-3-2;/h2-4,7,14-15H,1,5-6H2;3H2,1-2H3;1H. The zero-order chi connectivity index (χ0) is 14.3. The van der Waals surface area contributed by atoms with Crippen LogP contribution in [-0.2, 0) is 16.6 Å². The fourth-order valence-electron chi connectivity index (χ4n) is 3.41. The molecule has 1 spiro atoms. The number of aromatic amines is 1. The maximum atomic E-state index is 12.0. The maximum absolute atomic E-state index is 12.0. The first-order valence-corrected chi connectivity index (χ1v) is 7.33. The summed E-state index contributed by atoms with van der Waals surface area (Å²) in [4.78, 5) is 25.6. The molecule has 0 radical (unpaired) electrons. The van der Waals surface area contributed by atoms with Gasteiger partial charge in [-0.3, -0.25) is 4.79 Å². The number of carbonyl (C=O) groups excluding carboxylic acids is 2. The minimum absolute atomic E-state index is 0. The van der Waals surface area contributed by atoms with Crippen LogP contribution < -0.4 is 5.32 Å². The quantitative estimate of drug-likeness (QED) is 0.814. The lowest BCUT2D eigenvalue weighted by Gasteiger charge is -2.20. The van der Waals surface area contributed by atoms with Gasteiger partial charge >= 0.3 is 0 Å². The third-order valence-electron chi connectivity index (χ3n) is 4.30. The molecule has 4 heteroatoms. The molecule has 2 aliphatic carbocycles. The summed E-state index contributed by atoms with van der Waals surface area (Å²) in [5, 5.41) is 3.32. The molecule has 2 N–H and O–H groups in total. The Morgan fingerprint density at radius 3 is 2.90 bits per heavy atom. The number of H-pyrrole nitrogens is 1. The molecule has 0 aromatic carbocycles. The molecular formula is C16H22N2O2. The van der Waals surface area contributed by atoms with Crippen LogP contribution >= 0.6 is 0 Å². The summed E-state index contributed by atoms with van der Waals surface area (Å²) in [6.45, 7) is 5.22. The van der Waals surface area contributed by atoms with E-state index in [4.69, 9.17) is 0 Å². The van der Waals surface area contributed by atoms with Crippen LogP contribution in [-0.4, -0.2) is 23.6 Å². The first kappa shape index (κ1) is 13.2. The van der Waals surface area contributed by atoms with Crippen LogP contribution in [0.1, 0.15) is 49.9 Å². The fraction of sp³-hybridized carbons (Fsp3) is 0.500. The molecule has 1 saturated carbocycles. The third kappa shape index (κ3) is 1.67. The van der Waals surface area contributed by atoms with Gasteiger partial charge in [-0.15, -0.1) is 0 Å². The first-order chi connectivity index (χ1) is 9.67. The maximum Gasteiger partial charge on any atom is 0.204 e. The predicted molar refractivity (Wildman–Crippen MR) is 78.8 cm³/mol. The number of ketones is 1. The molecule has 20 heavy (non-hydrogen) atoms. The Morgan fingerprint density at radius 2 is 2.25 bits per heavy atom. The largest absolute Gasteiger partial charge is 0.387 e. The van der Waals surface area contributed by atoms with Crippen LogP contribution in [0.4, 0.5) is 0 Å². The van der Waals surface area contributed by atoms with Gasteiger partial charge in [0.2, 0.25) is 5.78 Å². The molecule has 1 saturated heterocycles. The van der Waals surface area contributed by atoms with E-state index in [0.717, 1.165) is 36.2 Å². The number of allylic oxidation sites excluding steroid dienone is 2. The number of aromatic nitrogens is 1. The highest BCUT2D eigenvalue weighted by Gasteiger charge is 2.64. The monoisotopic (exact) mass is 274 g/mol. The minimum atomic E-state index is 0. The fourth-order valence-corrected chi connectivity index (χ4v) is 3.41. The molecular weight excluding hydrogens is 252 g/mol. The summed E-state index contributed by atoms with van der Waals surface area (Å²) < 4.78 is 0. The summed E-state index contributed by atoms with van der Waals surface area (Å²) in [7, 11) is 0. The van der Waals surface area contributed by atoms with E-state index < -0.39 is 0 Å². The molecule has 2 unspecified atom stereocenters. The van der Waals surface area contributed by atoms with Crippen molar-refractivity contribution < 1.29 is 11.0 Å². The molecule has 3 aliphatic rings. The highest BCUT2D eigenvalue weighted by molar-refractivity contribution is 6.07. The zero-order valence-corrected chi connectivity index (χ0v) is 12.0. The Hall–Kier alpha value is -1.84. The van der Waals surface area contributed by atoms with Crippen LogP contribution in [0.2, 0.25) is 0 Å². The lowest BCUT2D eigenvalue weighted by atomic mass is 9.85. The van der Waals surface area contributed by atoms with Gasteiger partial charge in [-0.2, -0.15) is 0 Å². The average molecular weight is 274 g/mol. The van der Waals surface area contributed by atoms with E-state index in [1.54, 1.807) is 6.08 Å². The van der Waals surface area contributed by atoms with Crippen molar-refractivity contribution in [3.8, 4) is 0 Å². The second-order valence-electron chi connectivity index (χ2n) is 5.84. The van der Waals surface area contributed by atoms with Crippen molar-refractivity contribution in [2.75, 3.05) is 6.54 Å². The Labute approximate surface area is 120 Å². The zero-order valence-electron chi connectivity index (χ0n) is 12.0. The van der Waals surface area contributed by atoms with Gasteiger partial charge in [0.15, 0.2) is 0 Å². The molecule has 4 nitrogen and oxygen atoms in total. The number of hydrogen-bond acceptors (Lipinski definition) is 3. The Morgan fingerprint density at radius 1 is 1.50 bits per heavy atom. The van der Waals surface area contributed by atoms with Gasteiger partial charge in [0.05, 0.1) is 5.69 Å². The second kappa shape index (κ2) is 4.62. The van der Waals surface area contributed by atoms with Crippen molar-refractivity contribution in [2.24, 2.45) is 5.92 Å². The third-order valence-corrected chi connectivity index (χ3v) is 4.30. The molecule has 1 aromatic heterocycles. The second-order valence-corrected chi connectivity index (χ2v) is 5.84. The number of fused-ring (bicyclic) bond motifs is 1. The van der Waals surface area contributed by atoms with E-state index in [2.05, 4.69) is 24.1 Å². The SMILES string of the molecule is CCC.O=CCc1cc2c([nH]1)C(=O)C=C1NCC3CC123.[HH]. The predicted octanol–water partition coefficient (Wildman–Crippen LogP) is 2.36. The average Bonchev–Trinajstić information content (AvgIpc) is 2.79. The smallest absolute Gasteiger partial charge is 0.204 e. The van der Waals surface area contributed by atoms with Crippen LogP contribution in [0.5, 0.6) is 0 Å². The Balaban J connectivity index is 0.000000375. The van der Waals surface area contributed by atoms with Crippen LogP contribution in [0.15, 0.2) is 17.8 Å². The van der Waals surface area contributed by atoms with Gasteiger partial charge in [0.1, 0.15) is 6.29 Å². The lowest BCUT2D eigenvalue weighted by Crippen LogP contribution is -2.24. The van der Waals surface area contributed by atoms with Crippen LogP contribution in [0, 0.1) is 5.92 Å². The van der Waals surface area contributed by atoms with Gasteiger partial charge in [0, 0.05) is 37.3 Å². The highest BCUT2D eigenvalue weighted by atomic mass is 16.1. The van der Waals surface area contributed by atoms with Crippen LogP contribution in [0.3, 0.4) is 0 Å². The number of nitrogens with one attached hydrogen (secondary N) is 2. The van der Waals surface area contributed by atoms with Gasteiger partial charge in [-0.1, -0.05) is 20.3 Å². The van der Waals surface area contributed by atoms with E-state index in [1.807, 2.05) is 6.07 Å². The summed E-state index contributed by atoms with van der Waals surface area (Å²) in [6.07, 6.45) is 5.32. The number of hydrogen-bond donors (Lipinski definition) is 2. The van der Waals surface area contributed by atoms with Gasteiger partial charge in [-0.25, -0.2) is 0 Å². The van der Waals surface area contributed by atoms with Crippen molar-refractivity contribution in [1.82, 2.24) is 10.3 Å². The number of piperidine rings is 1. The molecule has 4 rings (SSSR count). The highest BCUT2D eigenvalue weighted by Crippen LogP contribution is 2.63. The van der Waals surface area contributed by atoms with E-state index >= 15 is 0 Å². The van der Waals surface area contributed by atoms with Crippen molar-refractivity contribution in [1.29, 1.82) is 0 Å². The molecule has 1 aromatic rings. The molecule has 0 amide bonds. The lowest BCUT2D eigenvalue weighted by molar-refractivity contribution is -0.107. The topological polar surface area (TPSA) is 62.0 Å². The summed E-state index contributed by atoms with van der Waals surface area (Å²) in [6, 6.07) is 2.00. The summed E-state index contributed by atoms with van der Waals surface area (Å²) in [5.74, 6) is 0.651. The molecule has 0 bridgehead atoms. The van der Waals surface area contributed by atoms with Gasteiger partial charge in [0.25, 0.3) is 0 Å².